The fraction of sp³-hybridized carbons (Fsp3) is 0.174. The second-order valence-corrected chi connectivity index (χ2v) is 7.12. The highest BCUT2D eigenvalue weighted by molar-refractivity contribution is 6.05. The van der Waals surface area contributed by atoms with Crippen LogP contribution in [0, 0.1) is 5.82 Å². The van der Waals surface area contributed by atoms with Crippen LogP contribution in [-0.4, -0.2) is 23.5 Å². The molecule has 1 aliphatic heterocycles. The van der Waals surface area contributed by atoms with Crippen molar-refractivity contribution in [1.82, 2.24) is 10.3 Å². The molecule has 2 N–H and O–H groups in total. The van der Waals surface area contributed by atoms with Gasteiger partial charge in [0.1, 0.15) is 5.82 Å². The van der Waals surface area contributed by atoms with Crippen molar-refractivity contribution in [3.8, 4) is 0 Å². The van der Waals surface area contributed by atoms with Crippen molar-refractivity contribution in [3.63, 3.8) is 0 Å². The summed E-state index contributed by atoms with van der Waals surface area (Å²) in [5.41, 5.74) is 3.52. The summed E-state index contributed by atoms with van der Waals surface area (Å²) in [6.07, 6.45) is 3.99. The lowest BCUT2D eigenvalue weighted by atomic mass is 10.0. The van der Waals surface area contributed by atoms with Gasteiger partial charge in [-0.25, -0.2) is 9.18 Å². The van der Waals surface area contributed by atoms with Crippen LogP contribution >= 0.6 is 0 Å². The lowest BCUT2D eigenvalue weighted by molar-refractivity contribution is 0.0939. The molecule has 0 radical (unpaired) electrons. The summed E-state index contributed by atoms with van der Waals surface area (Å²) >= 11 is 0. The van der Waals surface area contributed by atoms with E-state index in [-0.39, 0.29) is 23.8 Å². The van der Waals surface area contributed by atoms with Gasteiger partial charge in [-0.3, -0.25) is 14.7 Å². The highest BCUT2D eigenvalue weighted by Crippen LogP contribution is 2.31. The molecule has 1 aliphatic rings. The molecule has 0 aliphatic carbocycles. The minimum absolute atomic E-state index is 0.191. The van der Waals surface area contributed by atoms with E-state index in [1.54, 1.807) is 29.4 Å². The summed E-state index contributed by atoms with van der Waals surface area (Å²) in [7, 11) is 0. The smallest absolute Gasteiger partial charge is 0.326 e. The number of anilines is 2. The molecule has 4 rings (SSSR count). The normalized spacial score (nSPS) is 13.5. The second-order valence-electron chi connectivity index (χ2n) is 7.12. The minimum Gasteiger partial charge on any atom is -0.345 e. The molecule has 2 aromatic carbocycles. The summed E-state index contributed by atoms with van der Waals surface area (Å²) < 4.78 is 13.1. The molecule has 1 atom stereocenters. The summed E-state index contributed by atoms with van der Waals surface area (Å²) in [6.45, 7) is 2.37. The van der Waals surface area contributed by atoms with Crippen molar-refractivity contribution in [2.24, 2.45) is 0 Å². The lowest BCUT2D eigenvalue weighted by Crippen LogP contribution is -2.33. The molecule has 0 unspecified atom stereocenters. The highest BCUT2D eigenvalue weighted by atomic mass is 19.1. The molecule has 152 valence electrons. The zero-order valence-electron chi connectivity index (χ0n) is 16.4. The largest absolute Gasteiger partial charge is 0.345 e. The van der Waals surface area contributed by atoms with Gasteiger partial charge in [-0.2, -0.15) is 0 Å². The number of halogens is 1. The number of nitrogens with zero attached hydrogens (tertiary/aromatic N) is 2. The second kappa shape index (κ2) is 8.32. The SMILES string of the molecule is C[C@H](NC(=O)c1cccc2c1CCN2C(=O)Nc1ccc(F)cc1)c1cccnc1. The Kier molecular flexibility index (Phi) is 5.43. The van der Waals surface area contributed by atoms with Gasteiger partial charge in [-0.1, -0.05) is 12.1 Å². The van der Waals surface area contributed by atoms with Crippen molar-refractivity contribution in [1.29, 1.82) is 0 Å². The molecule has 6 nitrogen and oxygen atoms in total. The van der Waals surface area contributed by atoms with Crippen molar-refractivity contribution >= 4 is 23.3 Å². The van der Waals surface area contributed by atoms with Crippen LogP contribution in [0.3, 0.4) is 0 Å². The Labute approximate surface area is 173 Å². The average molecular weight is 404 g/mol. The number of carbonyl (C=O) groups excluding carboxylic acids is 2. The molecule has 2 heterocycles. The van der Waals surface area contributed by atoms with Crippen LogP contribution in [0.25, 0.3) is 0 Å². The molecule has 0 bridgehead atoms. The molecule has 30 heavy (non-hydrogen) atoms. The van der Waals surface area contributed by atoms with E-state index in [1.165, 1.54) is 24.3 Å². The first-order valence-corrected chi connectivity index (χ1v) is 9.69. The molecule has 0 fully saturated rings. The maximum Gasteiger partial charge on any atom is 0.326 e. The topological polar surface area (TPSA) is 74.3 Å². The molecule has 3 aromatic rings. The molecule has 3 amide bonds. The van der Waals surface area contributed by atoms with E-state index in [9.17, 15) is 14.0 Å². The van der Waals surface area contributed by atoms with Gasteiger partial charge >= 0.3 is 6.03 Å². The number of hydrogen-bond acceptors (Lipinski definition) is 3. The van der Waals surface area contributed by atoms with E-state index < -0.39 is 0 Å². The summed E-state index contributed by atoms with van der Waals surface area (Å²) in [6, 6.07) is 14.2. The third kappa shape index (κ3) is 4.00. The highest BCUT2D eigenvalue weighted by Gasteiger charge is 2.28. The summed E-state index contributed by atoms with van der Waals surface area (Å²) in [5.74, 6) is -0.556. The van der Waals surface area contributed by atoms with E-state index in [4.69, 9.17) is 0 Å². The number of fused-ring (bicyclic) bond motifs is 1. The Balaban J connectivity index is 1.50. The van der Waals surface area contributed by atoms with Crippen LogP contribution in [0.1, 0.15) is 34.5 Å². The van der Waals surface area contributed by atoms with E-state index in [1.807, 2.05) is 25.1 Å². The van der Waals surface area contributed by atoms with E-state index >= 15 is 0 Å². The van der Waals surface area contributed by atoms with Gasteiger partial charge < -0.3 is 10.6 Å². The van der Waals surface area contributed by atoms with Crippen molar-refractivity contribution in [3.05, 3.63) is 89.5 Å². The third-order valence-electron chi connectivity index (χ3n) is 5.14. The lowest BCUT2D eigenvalue weighted by Gasteiger charge is -2.19. The summed E-state index contributed by atoms with van der Waals surface area (Å²) in [5, 5.41) is 5.77. The fourth-order valence-electron chi connectivity index (χ4n) is 3.57. The van der Waals surface area contributed by atoms with E-state index in [0.29, 0.717) is 29.9 Å². The quantitative estimate of drug-likeness (QED) is 0.681. The van der Waals surface area contributed by atoms with Gasteiger partial charge in [-0.05, 0) is 66.9 Å². The fourth-order valence-corrected chi connectivity index (χ4v) is 3.57. The number of aromatic nitrogens is 1. The Bertz CT molecular complexity index is 1070. The first-order chi connectivity index (χ1) is 14.5. The standard InChI is InChI=1S/C23H21FN4O2/c1-15(16-4-3-12-25-14-16)26-22(29)20-5-2-6-21-19(20)11-13-28(21)23(30)27-18-9-7-17(24)8-10-18/h2-10,12,14-15H,11,13H2,1H3,(H,26,29)(H,27,30)/t15-/m0/s1. The Morgan fingerprint density at radius 2 is 1.90 bits per heavy atom. The number of nitrogens with one attached hydrogen (secondary N) is 2. The van der Waals surface area contributed by atoms with Gasteiger partial charge in [0.05, 0.1) is 6.04 Å². The van der Waals surface area contributed by atoms with Gasteiger partial charge in [-0.15, -0.1) is 0 Å². The Morgan fingerprint density at radius 1 is 1.10 bits per heavy atom. The van der Waals surface area contributed by atoms with Gasteiger partial charge in [0, 0.05) is 35.9 Å². The zero-order valence-corrected chi connectivity index (χ0v) is 16.4. The Hall–Kier alpha value is -3.74. The molecule has 1 aromatic heterocycles. The summed E-state index contributed by atoms with van der Waals surface area (Å²) in [4.78, 5) is 31.3. The molecular weight excluding hydrogens is 383 g/mol. The van der Waals surface area contributed by atoms with Crippen LogP contribution in [0.2, 0.25) is 0 Å². The first-order valence-electron chi connectivity index (χ1n) is 9.69. The Morgan fingerprint density at radius 3 is 2.63 bits per heavy atom. The maximum atomic E-state index is 13.1. The number of carbonyl (C=O) groups is 2. The molecule has 7 heteroatoms. The van der Waals surface area contributed by atoms with Crippen LogP contribution in [0.4, 0.5) is 20.6 Å². The van der Waals surface area contributed by atoms with Crippen molar-refractivity contribution in [2.75, 3.05) is 16.8 Å². The van der Waals surface area contributed by atoms with Crippen molar-refractivity contribution < 1.29 is 14.0 Å². The predicted molar refractivity (Wildman–Crippen MR) is 113 cm³/mol. The minimum atomic E-state index is -0.365. The number of urea groups is 1. The van der Waals surface area contributed by atoms with E-state index in [0.717, 1.165) is 11.1 Å². The maximum absolute atomic E-state index is 13.1. The number of rotatable bonds is 4. The third-order valence-corrected chi connectivity index (χ3v) is 5.14. The predicted octanol–water partition coefficient (Wildman–Crippen LogP) is 4.31. The molecule has 0 saturated carbocycles. The van der Waals surface area contributed by atoms with Gasteiger partial charge in [0.25, 0.3) is 5.91 Å². The van der Waals surface area contributed by atoms with E-state index in [2.05, 4.69) is 15.6 Å². The van der Waals surface area contributed by atoms with Crippen LogP contribution < -0.4 is 15.5 Å². The molecule has 0 saturated heterocycles. The monoisotopic (exact) mass is 404 g/mol. The van der Waals surface area contributed by atoms with Crippen LogP contribution in [0.15, 0.2) is 67.0 Å². The number of hydrogen-bond donors (Lipinski definition) is 2. The average Bonchev–Trinajstić information content (AvgIpc) is 3.20. The van der Waals surface area contributed by atoms with Crippen LogP contribution in [0.5, 0.6) is 0 Å². The number of amides is 3. The van der Waals surface area contributed by atoms with Crippen molar-refractivity contribution in [2.45, 2.75) is 19.4 Å². The zero-order chi connectivity index (χ0) is 21.1. The molecule has 0 spiro atoms. The number of pyridine rings is 1. The first kappa shape index (κ1) is 19.6. The van der Waals surface area contributed by atoms with Gasteiger partial charge in [0.2, 0.25) is 0 Å². The van der Waals surface area contributed by atoms with Crippen LogP contribution in [-0.2, 0) is 6.42 Å². The number of benzene rings is 2. The molecular formula is C23H21FN4O2. The van der Waals surface area contributed by atoms with Gasteiger partial charge in [0.15, 0.2) is 0 Å².